The van der Waals surface area contributed by atoms with Crippen molar-refractivity contribution in [2.45, 2.75) is 35.7 Å². The van der Waals surface area contributed by atoms with Gasteiger partial charge in [0.2, 0.25) is 0 Å². The Hall–Kier alpha value is -0.640. The SMILES string of the molecule is O=S(=O)(O)C(F)(F)C(F)(F)C(F)(F)S(=O)(=O)ON1CCCCC1. The topological polar surface area (TPSA) is 101 Å². The Morgan fingerprint density at radius 3 is 1.65 bits per heavy atom. The highest BCUT2D eigenvalue weighted by molar-refractivity contribution is 7.88. The zero-order valence-corrected chi connectivity index (χ0v) is 12.7. The molecule has 1 heterocycles. The molecule has 1 saturated heterocycles. The molecule has 1 N–H and O–H groups in total. The highest BCUT2D eigenvalue weighted by Gasteiger charge is 2.82. The number of nitrogens with zero attached hydrogens (tertiary/aromatic N) is 1. The van der Waals surface area contributed by atoms with E-state index < -0.39 is 36.7 Å². The van der Waals surface area contributed by atoms with Gasteiger partial charge in [0.15, 0.2) is 0 Å². The average molecular weight is 395 g/mol. The highest BCUT2D eigenvalue weighted by Crippen LogP contribution is 2.51. The summed E-state index contributed by atoms with van der Waals surface area (Å²) in [6.07, 6.45) is 1.13. The molecule has 23 heavy (non-hydrogen) atoms. The van der Waals surface area contributed by atoms with Gasteiger partial charge in [-0.3, -0.25) is 4.55 Å². The van der Waals surface area contributed by atoms with E-state index in [0.717, 1.165) is 0 Å². The molecule has 0 aromatic heterocycles. The number of halogens is 6. The summed E-state index contributed by atoms with van der Waals surface area (Å²) in [5.41, 5.74) is 0. The molecule has 0 aromatic carbocycles. The van der Waals surface area contributed by atoms with Crippen molar-refractivity contribution in [1.29, 1.82) is 0 Å². The molecule has 0 atom stereocenters. The quantitative estimate of drug-likeness (QED) is 0.537. The predicted molar refractivity (Wildman–Crippen MR) is 61.8 cm³/mol. The molecule has 15 heteroatoms. The van der Waals surface area contributed by atoms with Crippen LogP contribution in [0.2, 0.25) is 0 Å². The maximum atomic E-state index is 13.4. The second-order valence-corrected chi connectivity index (χ2v) is 7.63. The van der Waals surface area contributed by atoms with E-state index in [9.17, 15) is 43.2 Å². The zero-order chi connectivity index (χ0) is 18.3. The lowest BCUT2D eigenvalue weighted by Gasteiger charge is -2.32. The first-order chi connectivity index (χ1) is 10.1. The van der Waals surface area contributed by atoms with Gasteiger partial charge >= 0.3 is 36.7 Å². The third-order valence-electron chi connectivity index (χ3n) is 2.89. The molecule has 1 aliphatic rings. The first-order valence-electron chi connectivity index (χ1n) is 5.87. The van der Waals surface area contributed by atoms with Gasteiger partial charge in [-0.2, -0.15) is 52.5 Å². The van der Waals surface area contributed by atoms with Crippen molar-refractivity contribution in [2.75, 3.05) is 13.1 Å². The molecule has 0 unspecified atom stereocenters. The van der Waals surface area contributed by atoms with Crippen molar-refractivity contribution < 1.29 is 52.0 Å². The van der Waals surface area contributed by atoms with E-state index in [0.29, 0.717) is 11.5 Å². The van der Waals surface area contributed by atoms with Crippen LogP contribution in [0.1, 0.15) is 19.3 Å². The molecule has 0 saturated carbocycles. The summed E-state index contributed by atoms with van der Waals surface area (Å²) in [6.45, 7) is -0.481. The van der Waals surface area contributed by atoms with Gasteiger partial charge in [0.1, 0.15) is 0 Å². The second-order valence-electron chi connectivity index (χ2n) is 4.60. The molecular weight excluding hydrogens is 384 g/mol. The van der Waals surface area contributed by atoms with Crippen LogP contribution in [0, 0.1) is 0 Å². The molecule has 1 fully saturated rings. The van der Waals surface area contributed by atoms with Gasteiger partial charge in [-0.15, -0.1) is 0 Å². The summed E-state index contributed by atoms with van der Waals surface area (Å²) in [4.78, 5) is 0. The summed E-state index contributed by atoms with van der Waals surface area (Å²) >= 11 is 0. The van der Waals surface area contributed by atoms with E-state index in [1.54, 1.807) is 0 Å². The Labute approximate surface area is 127 Å². The minimum atomic E-state index is -7.03. The number of rotatable bonds is 6. The van der Waals surface area contributed by atoms with Crippen LogP contribution in [-0.4, -0.2) is 56.0 Å². The van der Waals surface area contributed by atoms with Crippen LogP contribution >= 0.6 is 0 Å². The first-order valence-corrected chi connectivity index (χ1v) is 8.72. The van der Waals surface area contributed by atoms with Crippen LogP contribution in [-0.2, 0) is 24.5 Å². The lowest BCUT2D eigenvalue weighted by atomic mass is 10.2. The van der Waals surface area contributed by atoms with Crippen LogP contribution in [0.5, 0.6) is 0 Å². The molecule has 0 amide bonds. The summed E-state index contributed by atoms with van der Waals surface area (Å²) < 4.78 is 134. The third-order valence-corrected chi connectivity index (χ3v) is 5.08. The van der Waals surface area contributed by atoms with Crippen molar-refractivity contribution in [1.82, 2.24) is 5.06 Å². The summed E-state index contributed by atoms with van der Waals surface area (Å²) in [7, 11) is -13.7. The standard InChI is InChI=1S/C8H11F6NO6S2/c9-6(10,7(11,12)22(16,17)18)8(13,14)23(19,20)21-15-4-2-1-3-5-15/h1-5H2,(H,16,17,18). The van der Waals surface area contributed by atoms with Crippen LogP contribution in [0.25, 0.3) is 0 Å². The molecule has 138 valence electrons. The van der Waals surface area contributed by atoms with Gasteiger partial charge in [-0.1, -0.05) is 6.42 Å². The van der Waals surface area contributed by atoms with Gasteiger partial charge in [0, 0.05) is 13.1 Å². The van der Waals surface area contributed by atoms with Crippen molar-refractivity contribution in [3.8, 4) is 0 Å². The van der Waals surface area contributed by atoms with Crippen molar-refractivity contribution in [3.63, 3.8) is 0 Å². The van der Waals surface area contributed by atoms with Crippen LogP contribution < -0.4 is 0 Å². The Kier molecular flexibility index (Phi) is 5.34. The largest absolute Gasteiger partial charge is 0.441 e. The molecule has 1 rings (SSSR count). The maximum Gasteiger partial charge on any atom is 0.441 e. The second kappa shape index (κ2) is 6.02. The molecule has 0 aromatic rings. The molecule has 0 radical (unpaired) electrons. The molecule has 0 spiro atoms. The first kappa shape index (κ1) is 20.4. The van der Waals surface area contributed by atoms with E-state index >= 15 is 0 Å². The Bertz CT molecular complexity index is 642. The molecular formula is C8H11F6NO6S2. The predicted octanol–water partition coefficient (Wildman–Crippen LogP) is 1.44. The number of alkyl halides is 6. The van der Waals surface area contributed by atoms with E-state index in [1.165, 1.54) is 0 Å². The fourth-order valence-electron chi connectivity index (χ4n) is 1.61. The zero-order valence-electron chi connectivity index (χ0n) is 11.1. The maximum absolute atomic E-state index is 13.4. The van der Waals surface area contributed by atoms with Crippen molar-refractivity contribution in [3.05, 3.63) is 0 Å². The van der Waals surface area contributed by atoms with Crippen LogP contribution in [0.15, 0.2) is 0 Å². The summed E-state index contributed by atoms with van der Waals surface area (Å²) in [6, 6.07) is 0. The third kappa shape index (κ3) is 3.42. The number of hydrogen-bond donors (Lipinski definition) is 1. The van der Waals surface area contributed by atoms with Gasteiger partial charge in [-0.05, 0) is 12.8 Å². The van der Waals surface area contributed by atoms with E-state index in [-0.39, 0.29) is 25.9 Å². The fourth-order valence-corrected chi connectivity index (χ4v) is 3.09. The fraction of sp³-hybridized carbons (Fsp3) is 1.00. The van der Waals surface area contributed by atoms with Crippen molar-refractivity contribution in [2.24, 2.45) is 0 Å². The Morgan fingerprint density at radius 2 is 1.26 bits per heavy atom. The summed E-state index contributed by atoms with van der Waals surface area (Å²) in [5.74, 6) is -6.98. The molecule has 1 aliphatic heterocycles. The van der Waals surface area contributed by atoms with E-state index in [1.807, 2.05) is 0 Å². The van der Waals surface area contributed by atoms with Crippen molar-refractivity contribution >= 4 is 20.2 Å². The minimum absolute atomic E-state index is 0.241. The normalized spacial score (nSPS) is 19.8. The van der Waals surface area contributed by atoms with E-state index in [2.05, 4.69) is 4.28 Å². The Morgan fingerprint density at radius 1 is 0.826 bits per heavy atom. The van der Waals surface area contributed by atoms with Gasteiger partial charge < -0.3 is 0 Å². The Balaban J connectivity index is 3.21. The molecule has 0 bridgehead atoms. The number of hydrogen-bond acceptors (Lipinski definition) is 6. The molecule has 0 aliphatic carbocycles. The van der Waals surface area contributed by atoms with E-state index in [4.69, 9.17) is 4.55 Å². The van der Waals surface area contributed by atoms with Gasteiger partial charge in [0.25, 0.3) is 0 Å². The minimum Gasteiger partial charge on any atom is -0.281 e. The monoisotopic (exact) mass is 395 g/mol. The number of piperidine rings is 1. The number of hydroxylamine groups is 2. The van der Waals surface area contributed by atoms with Gasteiger partial charge in [-0.25, -0.2) is 0 Å². The van der Waals surface area contributed by atoms with Gasteiger partial charge in [0.05, 0.1) is 0 Å². The van der Waals surface area contributed by atoms with Crippen LogP contribution in [0.4, 0.5) is 26.3 Å². The lowest BCUT2D eigenvalue weighted by Crippen LogP contribution is -2.61. The van der Waals surface area contributed by atoms with Crippen LogP contribution in [0.3, 0.4) is 0 Å². The molecule has 7 nitrogen and oxygen atoms in total. The lowest BCUT2D eigenvalue weighted by molar-refractivity contribution is -0.251. The average Bonchev–Trinajstić information content (AvgIpc) is 2.37. The summed E-state index contributed by atoms with van der Waals surface area (Å²) in [5, 5.41) is -13.0. The highest BCUT2D eigenvalue weighted by atomic mass is 32.2. The smallest absolute Gasteiger partial charge is 0.281 e.